The fraction of sp³-hybridized carbons (Fsp3) is 0.647. The largest absolute Gasteiger partial charge is 0.492 e. The normalized spacial score (nSPS) is 14.6. The molecule has 4 heteroatoms. The minimum atomic E-state index is 0.739. The molecule has 0 heterocycles. The fourth-order valence-electron chi connectivity index (χ4n) is 2.45. The van der Waals surface area contributed by atoms with Crippen LogP contribution in [-0.2, 0) is 11.3 Å². The topological polar surface area (TPSA) is 33.7 Å². The SMILES string of the molecule is CCNCc1ccccc1OCCN(CCOC)C1CC1. The fourth-order valence-corrected chi connectivity index (χ4v) is 2.45. The predicted octanol–water partition coefficient (Wildman–Crippen LogP) is 2.29. The van der Waals surface area contributed by atoms with E-state index >= 15 is 0 Å². The molecule has 1 fully saturated rings. The maximum atomic E-state index is 6.00. The summed E-state index contributed by atoms with van der Waals surface area (Å²) in [7, 11) is 1.76. The molecule has 0 aliphatic heterocycles. The van der Waals surface area contributed by atoms with Gasteiger partial charge in [-0.15, -0.1) is 0 Å². The van der Waals surface area contributed by atoms with Gasteiger partial charge in [-0.2, -0.15) is 0 Å². The molecule has 0 bridgehead atoms. The van der Waals surface area contributed by atoms with Crippen molar-refractivity contribution in [3.05, 3.63) is 29.8 Å². The number of nitrogens with one attached hydrogen (secondary N) is 1. The van der Waals surface area contributed by atoms with Gasteiger partial charge in [0.05, 0.1) is 6.61 Å². The van der Waals surface area contributed by atoms with Gasteiger partial charge in [0.2, 0.25) is 0 Å². The van der Waals surface area contributed by atoms with Crippen LogP contribution in [0.1, 0.15) is 25.3 Å². The smallest absolute Gasteiger partial charge is 0.123 e. The number of methoxy groups -OCH3 is 1. The number of benzene rings is 1. The molecule has 0 atom stereocenters. The lowest BCUT2D eigenvalue weighted by molar-refractivity contribution is 0.130. The van der Waals surface area contributed by atoms with Crippen molar-refractivity contribution in [1.82, 2.24) is 10.2 Å². The number of rotatable bonds is 11. The summed E-state index contributed by atoms with van der Waals surface area (Å²) >= 11 is 0. The first-order chi connectivity index (χ1) is 10.3. The first-order valence-electron chi connectivity index (χ1n) is 7.99. The van der Waals surface area contributed by atoms with Crippen molar-refractivity contribution in [2.45, 2.75) is 32.4 Å². The van der Waals surface area contributed by atoms with Gasteiger partial charge < -0.3 is 14.8 Å². The molecule has 0 unspecified atom stereocenters. The van der Waals surface area contributed by atoms with E-state index in [0.717, 1.165) is 51.2 Å². The summed E-state index contributed by atoms with van der Waals surface area (Å²) in [6.07, 6.45) is 2.64. The van der Waals surface area contributed by atoms with Crippen LogP contribution in [0, 0.1) is 0 Å². The Hall–Kier alpha value is -1.10. The quantitative estimate of drug-likeness (QED) is 0.678. The molecular weight excluding hydrogens is 264 g/mol. The van der Waals surface area contributed by atoms with Gasteiger partial charge in [-0.1, -0.05) is 25.1 Å². The van der Waals surface area contributed by atoms with Crippen molar-refractivity contribution in [2.75, 3.05) is 40.0 Å². The van der Waals surface area contributed by atoms with Gasteiger partial charge >= 0.3 is 0 Å². The van der Waals surface area contributed by atoms with Gasteiger partial charge in [0.25, 0.3) is 0 Å². The van der Waals surface area contributed by atoms with E-state index in [1.165, 1.54) is 18.4 Å². The van der Waals surface area contributed by atoms with Gasteiger partial charge in [-0.25, -0.2) is 0 Å². The molecule has 1 aliphatic rings. The van der Waals surface area contributed by atoms with Crippen molar-refractivity contribution in [3.8, 4) is 5.75 Å². The van der Waals surface area contributed by atoms with Crippen LogP contribution in [0.5, 0.6) is 5.75 Å². The monoisotopic (exact) mass is 292 g/mol. The predicted molar refractivity (Wildman–Crippen MR) is 85.8 cm³/mol. The van der Waals surface area contributed by atoms with Crippen molar-refractivity contribution in [3.63, 3.8) is 0 Å². The van der Waals surface area contributed by atoms with Gasteiger partial charge in [0, 0.05) is 38.3 Å². The molecule has 0 saturated heterocycles. The van der Waals surface area contributed by atoms with Crippen LogP contribution in [0.25, 0.3) is 0 Å². The second-order valence-corrected chi connectivity index (χ2v) is 5.50. The van der Waals surface area contributed by atoms with Gasteiger partial charge in [0.1, 0.15) is 12.4 Å². The molecule has 1 N–H and O–H groups in total. The van der Waals surface area contributed by atoms with E-state index in [1.807, 2.05) is 6.07 Å². The van der Waals surface area contributed by atoms with E-state index in [2.05, 4.69) is 35.3 Å². The zero-order valence-corrected chi connectivity index (χ0v) is 13.3. The second kappa shape index (κ2) is 9.03. The van der Waals surface area contributed by atoms with Crippen LogP contribution in [0.4, 0.5) is 0 Å². The summed E-state index contributed by atoms with van der Waals surface area (Å²) in [5, 5.41) is 3.35. The summed E-state index contributed by atoms with van der Waals surface area (Å²) in [5.41, 5.74) is 1.23. The lowest BCUT2D eigenvalue weighted by atomic mass is 10.2. The lowest BCUT2D eigenvalue weighted by Crippen LogP contribution is -2.33. The van der Waals surface area contributed by atoms with Crippen molar-refractivity contribution < 1.29 is 9.47 Å². The second-order valence-electron chi connectivity index (χ2n) is 5.50. The Kier molecular flexibility index (Phi) is 7.00. The van der Waals surface area contributed by atoms with E-state index in [4.69, 9.17) is 9.47 Å². The highest BCUT2D eigenvalue weighted by molar-refractivity contribution is 5.33. The van der Waals surface area contributed by atoms with Crippen LogP contribution in [0.2, 0.25) is 0 Å². The van der Waals surface area contributed by atoms with Crippen LogP contribution >= 0.6 is 0 Å². The summed E-state index contributed by atoms with van der Waals surface area (Å²) in [4.78, 5) is 2.48. The van der Waals surface area contributed by atoms with Crippen LogP contribution in [0.15, 0.2) is 24.3 Å². The summed E-state index contributed by atoms with van der Waals surface area (Å²) in [6, 6.07) is 9.04. The molecule has 1 saturated carbocycles. The molecule has 4 nitrogen and oxygen atoms in total. The zero-order chi connectivity index (χ0) is 14.9. The summed E-state index contributed by atoms with van der Waals surface area (Å²) < 4.78 is 11.2. The average molecular weight is 292 g/mol. The van der Waals surface area contributed by atoms with Gasteiger partial charge in [0.15, 0.2) is 0 Å². The Morgan fingerprint density at radius 3 is 2.67 bits per heavy atom. The number of nitrogens with zero attached hydrogens (tertiary/aromatic N) is 1. The lowest BCUT2D eigenvalue weighted by Gasteiger charge is -2.22. The third kappa shape index (κ3) is 5.65. The third-order valence-corrected chi connectivity index (χ3v) is 3.82. The maximum absolute atomic E-state index is 6.00. The van der Waals surface area contributed by atoms with Crippen LogP contribution in [-0.4, -0.2) is 50.9 Å². The zero-order valence-electron chi connectivity index (χ0n) is 13.3. The number of hydrogen-bond acceptors (Lipinski definition) is 4. The van der Waals surface area contributed by atoms with E-state index in [-0.39, 0.29) is 0 Å². The molecule has 1 aromatic carbocycles. The van der Waals surface area contributed by atoms with E-state index < -0.39 is 0 Å². The third-order valence-electron chi connectivity index (χ3n) is 3.82. The van der Waals surface area contributed by atoms with E-state index in [0.29, 0.717) is 0 Å². The first kappa shape index (κ1) is 16.3. The molecule has 1 aromatic rings. The van der Waals surface area contributed by atoms with Crippen molar-refractivity contribution >= 4 is 0 Å². The van der Waals surface area contributed by atoms with Crippen molar-refractivity contribution in [2.24, 2.45) is 0 Å². The highest BCUT2D eigenvalue weighted by Gasteiger charge is 2.28. The van der Waals surface area contributed by atoms with Crippen LogP contribution < -0.4 is 10.1 Å². The number of hydrogen-bond donors (Lipinski definition) is 1. The molecule has 118 valence electrons. The summed E-state index contributed by atoms with van der Waals surface area (Å²) in [6.45, 7) is 7.47. The summed E-state index contributed by atoms with van der Waals surface area (Å²) in [5.74, 6) is 1.00. The average Bonchev–Trinajstić information content (AvgIpc) is 3.34. The molecular formula is C17H28N2O2. The van der Waals surface area contributed by atoms with Crippen LogP contribution in [0.3, 0.4) is 0 Å². The number of para-hydroxylation sites is 1. The Balaban J connectivity index is 1.78. The number of ether oxygens (including phenoxy) is 2. The molecule has 0 radical (unpaired) electrons. The van der Waals surface area contributed by atoms with Gasteiger partial charge in [-0.05, 0) is 25.5 Å². The van der Waals surface area contributed by atoms with Crippen molar-refractivity contribution in [1.29, 1.82) is 0 Å². The Labute approximate surface area is 128 Å². The Bertz CT molecular complexity index is 408. The minimum Gasteiger partial charge on any atom is -0.492 e. The highest BCUT2D eigenvalue weighted by Crippen LogP contribution is 2.26. The maximum Gasteiger partial charge on any atom is 0.123 e. The molecule has 0 aromatic heterocycles. The van der Waals surface area contributed by atoms with Gasteiger partial charge in [-0.3, -0.25) is 4.90 Å². The highest BCUT2D eigenvalue weighted by atomic mass is 16.5. The minimum absolute atomic E-state index is 0.739. The molecule has 0 spiro atoms. The molecule has 2 rings (SSSR count). The molecule has 1 aliphatic carbocycles. The molecule has 0 amide bonds. The first-order valence-corrected chi connectivity index (χ1v) is 7.99. The van der Waals surface area contributed by atoms with E-state index in [1.54, 1.807) is 7.11 Å². The molecule has 21 heavy (non-hydrogen) atoms. The Morgan fingerprint density at radius 1 is 1.19 bits per heavy atom. The van der Waals surface area contributed by atoms with E-state index in [9.17, 15) is 0 Å². The Morgan fingerprint density at radius 2 is 1.95 bits per heavy atom. The standard InChI is InChI=1S/C17H28N2O2/c1-3-18-14-15-6-4-5-7-17(15)21-13-11-19(10-12-20-2)16-8-9-16/h4-7,16,18H,3,8-14H2,1-2H3.